The van der Waals surface area contributed by atoms with Gasteiger partial charge in [0.2, 0.25) is 5.91 Å². The quantitative estimate of drug-likeness (QED) is 0.235. The Morgan fingerprint density at radius 1 is 0.848 bits per heavy atom. The number of fused-ring (bicyclic) bond motifs is 1. The minimum Gasteiger partial charge on any atom is -0.367 e. The highest BCUT2D eigenvalue weighted by Gasteiger charge is 2.32. The zero-order valence-corrected chi connectivity index (χ0v) is 25.6. The van der Waals surface area contributed by atoms with Gasteiger partial charge in [0.15, 0.2) is 0 Å². The summed E-state index contributed by atoms with van der Waals surface area (Å²) in [5.41, 5.74) is 5.77. The molecule has 4 aromatic carbocycles. The molecule has 4 aromatic rings. The van der Waals surface area contributed by atoms with Crippen molar-refractivity contribution in [2.45, 2.75) is 38.6 Å². The van der Waals surface area contributed by atoms with Crippen molar-refractivity contribution in [2.24, 2.45) is 0 Å². The summed E-state index contributed by atoms with van der Waals surface area (Å²) < 4.78 is 45.0. The third-order valence-corrected chi connectivity index (χ3v) is 8.91. The third kappa shape index (κ3) is 7.16. The number of halogens is 3. The topological polar surface area (TPSA) is 61.9 Å². The molecule has 2 aliphatic rings. The molecule has 1 saturated heterocycles. The zero-order chi connectivity index (χ0) is 32.3. The van der Waals surface area contributed by atoms with Crippen molar-refractivity contribution >= 4 is 17.5 Å². The van der Waals surface area contributed by atoms with Crippen LogP contribution in [0.15, 0.2) is 91.0 Å². The summed E-state index contributed by atoms with van der Waals surface area (Å²) in [6.45, 7) is 5.26. The van der Waals surface area contributed by atoms with E-state index >= 15 is 0 Å². The predicted octanol–water partition coefficient (Wildman–Crippen LogP) is 6.76. The van der Waals surface area contributed by atoms with Gasteiger partial charge in [0, 0.05) is 43.5 Å². The number of hydrogen-bond donors (Lipinski definition) is 1. The van der Waals surface area contributed by atoms with Gasteiger partial charge in [0.25, 0.3) is 5.91 Å². The van der Waals surface area contributed by atoms with E-state index in [2.05, 4.69) is 16.3 Å². The average Bonchev–Trinajstić information content (AvgIpc) is 3.48. The molecule has 2 amide bonds. The minimum atomic E-state index is -4.43. The Hall–Kier alpha value is -4.47. The van der Waals surface area contributed by atoms with Gasteiger partial charge in [0.05, 0.1) is 12.2 Å². The van der Waals surface area contributed by atoms with Gasteiger partial charge in [-0.2, -0.15) is 13.2 Å². The number of piperazine rings is 1. The van der Waals surface area contributed by atoms with Gasteiger partial charge in [-0.3, -0.25) is 14.5 Å². The largest absolute Gasteiger partial charge is 0.416 e. The Labute approximate surface area is 266 Å². The van der Waals surface area contributed by atoms with Gasteiger partial charge < -0.3 is 15.0 Å². The van der Waals surface area contributed by atoms with E-state index in [0.29, 0.717) is 48.1 Å². The molecule has 6 nitrogen and oxygen atoms in total. The van der Waals surface area contributed by atoms with Crippen LogP contribution in [0.4, 0.5) is 18.9 Å². The van der Waals surface area contributed by atoms with E-state index in [1.165, 1.54) is 23.3 Å². The molecular weight excluding hydrogens is 591 g/mol. The van der Waals surface area contributed by atoms with Gasteiger partial charge in [-0.25, -0.2) is 0 Å². The average molecular weight is 628 g/mol. The second-order valence-corrected chi connectivity index (χ2v) is 12.0. The lowest BCUT2D eigenvalue weighted by atomic mass is 9.93. The number of rotatable bonds is 8. The van der Waals surface area contributed by atoms with E-state index in [1.807, 2.05) is 60.4 Å². The van der Waals surface area contributed by atoms with Crippen LogP contribution in [0.1, 0.15) is 38.2 Å². The van der Waals surface area contributed by atoms with Crippen molar-refractivity contribution < 1.29 is 27.5 Å². The molecular formula is C37H36F3N3O3. The van der Waals surface area contributed by atoms with Crippen LogP contribution in [0.2, 0.25) is 0 Å². The van der Waals surface area contributed by atoms with Crippen molar-refractivity contribution in [3.8, 4) is 11.1 Å². The van der Waals surface area contributed by atoms with Crippen LogP contribution in [0.25, 0.3) is 11.1 Å². The summed E-state index contributed by atoms with van der Waals surface area (Å²) in [6, 6.07) is 26.3. The molecule has 46 heavy (non-hydrogen) atoms. The van der Waals surface area contributed by atoms with Crippen LogP contribution in [0, 0.1) is 6.92 Å². The molecule has 0 spiro atoms. The number of hydrogen-bond acceptors (Lipinski definition) is 4. The predicted molar refractivity (Wildman–Crippen MR) is 171 cm³/mol. The van der Waals surface area contributed by atoms with Crippen molar-refractivity contribution in [1.82, 2.24) is 9.80 Å². The zero-order valence-electron chi connectivity index (χ0n) is 25.6. The molecule has 0 aromatic heterocycles. The lowest BCUT2D eigenvalue weighted by Gasteiger charge is -2.38. The lowest BCUT2D eigenvalue weighted by Crippen LogP contribution is -2.52. The maximum Gasteiger partial charge on any atom is 0.416 e. The first-order valence-electron chi connectivity index (χ1n) is 15.5. The van der Waals surface area contributed by atoms with E-state index in [1.54, 1.807) is 12.1 Å². The summed E-state index contributed by atoms with van der Waals surface area (Å²) >= 11 is 0. The molecule has 1 heterocycles. The highest BCUT2D eigenvalue weighted by Crippen LogP contribution is 2.34. The lowest BCUT2D eigenvalue weighted by molar-refractivity contribution is -0.139. The number of carbonyl (C=O) groups is 2. The highest BCUT2D eigenvalue weighted by atomic mass is 19.4. The van der Waals surface area contributed by atoms with Gasteiger partial charge >= 0.3 is 6.18 Å². The first-order chi connectivity index (χ1) is 22.2. The normalized spacial score (nSPS) is 16.7. The Bertz CT molecular complexity index is 1700. The second kappa shape index (κ2) is 13.5. The number of carbonyl (C=O) groups excluding carboxylic acids is 2. The summed E-state index contributed by atoms with van der Waals surface area (Å²) in [5, 5.41) is 3.01. The molecule has 1 N–H and O–H groups in total. The molecule has 9 heteroatoms. The van der Waals surface area contributed by atoms with Crippen LogP contribution in [0.5, 0.6) is 0 Å². The van der Waals surface area contributed by atoms with Crippen molar-refractivity contribution in [3.63, 3.8) is 0 Å². The van der Waals surface area contributed by atoms with Gasteiger partial charge in [-0.15, -0.1) is 0 Å². The number of amides is 2. The van der Waals surface area contributed by atoms with Crippen LogP contribution < -0.4 is 5.32 Å². The van der Waals surface area contributed by atoms with E-state index in [-0.39, 0.29) is 18.4 Å². The maximum atomic E-state index is 13.5. The van der Waals surface area contributed by atoms with Crippen LogP contribution in [-0.2, 0) is 35.2 Å². The van der Waals surface area contributed by atoms with E-state index in [0.717, 1.165) is 49.2 Å². The molecule has 1 fully saturated rings. The highest BCUT2D eigenvalue weighted by molar-refractivity contribution is 6.09. The first-order valence-corrected chi connectivity index (χ1v) is 15.5. The van der Waals surface area contributed by atoms with E-state index < -0.39 is 11.7 Å². The van der Waals surface area contributed by atoms with Gasteiger partial charge in [0.1, 0.15) is 6.61 Å². The van der Waals surface area contributed by atoms with Crippen LogP contribution in [0.3, 0.4) is 0 Å². The fourth-order valence-electron chi connectivity index (χ4n) is 6.45. The standard InChI is InChI=1S/C37H36F3N3O3/c1-25-6-5-9-33(35(25)27-10-13-30(14-11-27)37(38,39)40)36(45)41-31-15-12-28-21-32(22-29(28)20-31)42-16-18-43(19-17-42)34(44)24-46-23-26-7-3-2-4-8-26/h2-15,20,32H,16-19,21-24H2,1H3,(H,41,45). The number of ether oxygens (including phenoxy) is 1. The number of anilines is 1. The molecule has 1 aliphatic heterocycles. The van der Waals surface area contributed by atoms with E-state index in [4.69, 9.17) is 4.74 Å². The van der Waals surface area contributed by atoms with Crippen LogP contribution in [-0.4, -0.2) is 60.4 Å². The number of alkyl halides is 3. The van der Waals surface area contributed by atoms with Crippen molar-refractivity contribution in [3.05, 3.63) is 124 Å². The monoisotopic (exact) mass is 627 g/mol. The molecule has 6 rings (SSSR count). The maximum absolute atomic E-state index is 13.5. The van der Waals surface area contributed by atoms with E-state index in [9.17, 15) is 22.8 Å². The summed E-state index contributed by atoms with van der Waals surface area (Å²) in [6.07, 6.45) is -2.66. The van der Waals surface area contributed by atoms with Gasteiger partial charge in [-0.1, -0.05) is 60.7 Å². The summed E-state index contributed by atoms with van der Waals surface area (Å²) in [4.78, 5) is 30.5. The minimum absolute atomic E-state index is 0.0146. The fraction of sp³-hybridized carbons (Fsp3) is 0.297. The third-order valence-electron chi connectivity index (χ3n) is 8.91. The van der Waals surface area contributed by atoms with Crippen molar-refractivity contribution in [2.75, 3.05) is 38.1 Å². The molecule has 238 valence electrons. The van der Waals surface area contributed by atoms with Crippen LogP contribution >= 0.6 is 0 Å². The molecule has 1 aliphatic carbocycles. The number of nitrogens with one attached hydrogen (secondary N) is 1. The van der Waals surface area contributed by atoms with Crippen molar-refractivity contribution in [1.29, 1.82) is 0 Å². The summed E-state index contributed by atoms with van der Waals surface area (Å²) in [7, 11) is 0. The molecule has 0 radical (unpaired) electrons. The Morgan fingerprint density at radius 3 is 2.28 bits per heavy atom. The second-order valence-electron chi connectivity index (χ2n) is 12.0. The molecule has 0 bridgehead atoms. The number of benzene rings is 4. The molecule has 1 atom stereocenters. The SMILES string of the molecule is Cc1cccc(C(=O)Nc2ccc3c(c2)CC(N2CCN(C(=O)COCc4ccccc4)CC2)C3)c1-c1ccc(C(F)(F)F)cc1. The summed E-state index contributed by atoms with van der Waals surface area (Å²) in [5.74, 6) is -0.303. The smallest absolute Gasteiger partial charge is 0.367 e. The Morgan fingerprint density at radius 2 is 1.57 bits per heavy atom. The Balaban J connectivity index is 1.04. The Kier molecular flexibility index (Phi) is 9.24. The molecule has 0 saturated carbocycles. The fourth-order valence-corrected chi connectivity index (χ4v) is 6.45. The number of aryl methyl sites for hydroxylation is 1. The van der Waals surface area contributed by atoms with Gasteiger partial charge in [-0.05, 0) is 83.5 Å². The first kappa shape index (κ1) is 31.5. The number of nitrogens with zero attached hydrogens (tertiary/aromatic N) is 2. The molecule has 1 unspecified atom stereocenters.